The third kappa shape index (κ3) is 4.05. The molecule has 0 aromatic rings. The molecule has 1 heterocycles. The monoisotopic (exact) mass is 217 g/mol. The van der Waals surface area contributed by atoms with Gasteiger partial charge in [-0.25, -0.2) is 4.79 Å². The topological polar surface area (TPSA) is 59.0 Å². The van der Waals surface area contributed by atoms with Crippen LogP contribution in [0.15, 0.2) is 0 Å². The predicted molar refractivity (Wildman–Crippen MR) is 54.6 cm³/mol. The summed E-state index contributed by atoms with van der Waals surface area (Å²) in [5.41, 5.74) is -0.821. The molecular weight excluding hydrogens is 198 g/mol. The van der Waals surface area contributed by atoms with Crippen LogP contribution in [0.4, 0.5) is 4.79 Å². The highest BCUT2D eigenvalue weighted by molar-refractivity contribution is 5.67. The van der Waals surface area contributed by atoms with Gasteiger partial charge >= 0.3 is 6.09 Å². The standard InChI is InChI=1S/C10H19NO4/c1-10(2,13)7-15-8-4-5-11(6-8)9(12)14-3/h8,13H,4-7H2,1-3H3. The van der Waals surface area contributed by atoms with Crippen molar-refractivity contribution in [3.8, 4) is 0 Å². The molecule has 15 heavy (non-hydrogen) atoms. The minimum absolute atomic E-state index is 0.00975. The number of carbonyl (C=O) groups is 1. The Morgan fingerprint density at radius 3 is 2.80 bits per heavy atom. The van der Waals surface area contributed by atoms with Crippen molar-refractivity contribution in [3.63, 3.8) is 0 Å². The smallest absolute Gasteiger partial charge is 0.409 e. The van der Waals surface area contributed by atoms with E-state index in [1.54, 1.807) is 18.7 Å². The number of amides is 1. The average Bonchev–Trinajstić information content (AvgIpc) is 2.61. The van der Waals surface area contributed by atoms with Gasteiger partial charge in [-0.05, 0) is 20.3 Å². The Kier molecular flexibility index (Phi) is 3.93. The van der Waals surface area contributed by atoms with Crippen LogP contribution in [-0.2, 0) is 9.47 Å². The van der Waals surface area contributed by atoms with Crippen molar-refractivity contribution in [3.05, 3.63) is 0 Å². The molecule has 0 spiro atoms. The molecule has 5 nitrogen and oxygen atoms in total. The Bertz CT molecular complexity index is 224. The summed E-state index contributed by atoms with van der Waals surface area (Å²) in [6, 6.07) is 0. The Hall–Kier alpha value is -0.810. The van der Waals surface area contributed by atoms with Crippen molar-refractivity contribution < 1.29 is 19.4 Å². The number of methoxy groups -OCH3 is 1. The number of ether oxygens (including phenoxy) is 2. The molecule has 1 rings (SSSR count). The molecule has 0 bridgehead atoms. The molecule has 1 aliphatic rings. The summed E-state index contributed by atoms with van der Waals surface area (Å²) in [5, 5.41) is 9.47. The number of hydrogen-bond donors (Lipinski definition) is 1. The van der Waals surface area contributed by atoms with E-state index in [4.69, 9.17) is 4.74 Å². The van der Waals surface area contributed by atoms with Crippen molar-refractivity contribution >= 4 is 6.09 Å². The van der Waals surface area contributed by atoms with Gasteiger partial charge in [0.05, 0.1) is 32.0 Å². The highest BCUT2D eigenvalue weighted by atomic mass is 16.5. The zero-order chi connectivity index (χ0) is 11.5. The zero-order valence-corrected chi connectivity index (χ0v) is 9.52. The lowest BCUT2D eigenvalue weighted by Crippen LogP contribution is -2.33. The van der Waals surface area contributed by atoms with Crippen molar-refractivity contribution in [2.24, 2.45) is 0 Å². The van der Waals surface area contributed by atoms with E-state index in [1.165, 1.54) is 7.11 Å². The maximum atomic E-state index is 11.2. The van der Waals surface area contributed by atoms with E-state index in [-0.39, 0.29) is 18.8 Å². The quantitative estimate of drug-likeness (QED) is 0.752. The van der Waals surface area contributed by atoms with Gasteiger partial charge in [-0.2, -0.15) is 0 Å². The maximum Gasteiger partial charge on any atom is 0.409 e. The molecule has 1 aliphatic heterocycles. The third-order valence-corrected chi connectivity index (χ3v) is 2.25. The zero-order valence-electron chi connectivity index (χ0n) is 9.52. The first kappa shape index (κ1) is 12.3. The lowest BCUT2D eigenvalue weighted by Gasteiger charge is -2.20. The molecule has 0 radical (unpaired) electrons. The van der Waals surface area contributed by atoms with E-state index >= 15 is 0 Å². The largest absolute Gasteiger partial charge is 0.453 e. The minimum atomic E-state index is -0.821. The lowest BCUT2D eigenvalue weighted by atomic mass is 10.1. The van der Waals surface area contributed by atoms with Crippen LogP contribution in [-0.4, -0.2) is 54.6 Å². The molecule has 1 unspecified atom stereocenters. The third-order valence-electron chi connectivity index (χ3n) is 2.25. The second kappa shape index (κ2) is 4.81. The van der Waals surface area contributed by atoms with Crippen LogP contribution in [0.5, 0.6) is 0 Å². The van der Waals surface area contributed by atoms with E-state index in [1.807, 2.05) is 0 Å². The van der Waals surface area contributed by atoms with Crippen molar-refractivity contribution in [1.29, 1.82) is 0 Å². The van der Waals surface area contributed by atoms with Crippen LogP contribution in [0.1, 0.15) is 20.3 Å². The van der Waals surface area contributed by atoms with Gasteiger partial charge in [0.1, 0.15) is 0 Å². The fourth-order valence-electron chi connectivity index (χ4n) is 1.48. The fourth-order valence-corrected chi connectivity index (χ4v) is 1.48. The van der Waals surface area contributed by atoms with Crippen molar-refractivity contribution in [1.82, 2.24) is 4.90 Å². The van der Waals surface area contributed by atoms with Crippen molar-refractivity contribution in [2.75, 3.05) is 26.8 Å². The predicted octanol–water partition coefficient (Wildman–Crippen LogP) is 0.615. The van der Waals surface area contributed by atoms with Gasteiger partial charge in [0.2, 0.25) is 0 Å². The summed E-state index contributed by atoms with van der Waals surface area (Å²) in [6.07, 6.45) is 0.491. The van der Waals surface area contributed by atoms with Gasteiger partial charge in [0.15, 0.2) is 0 Å². The molecule has 0 aliphatic carbocycles. The molecule has 1 fully saturated rings. The summed E-state index contributed by atoms with van der Waals surface area (Å²) >= 11 is 0. The van der Waals surface area contributed by atoms with Gasteiger partial charge in [-0.3, -0.25) is 0 Å². The van der Waals surface area contributed by atoms with Crippen LogP contribution in [0.25, 0.3) is 0 Å². The van der Waals surface area contributed by atoms with Gasteiger partial charge in [0, 0.05) is 6.54 Å². The normalized spacial score (nSPS) is 21.9. The molecule has 1 saturated heterocycles. The number of likely N-dealkylation sites (tertiary alicyclic amines) is 1. The molecular formula is C10H19NO4. The van der Waals surface area contributed by atoms with E-state index in [2.05, 4.69) is 4.74 Å². The molecule has 1 amide bonds. The van der Waals surface area contributed by atoms with Crippen LogP contribution in [0.3, 0.4) is 0 Å². The average molecular weight is 217 g/mol. The first-order chi connectivity index (χ1) is 6.92. The molecule has 0 aromatic carbocycles. The van der Waals surface area contributed by atoms with E-state index in [0.717, 1.165) is 6.42 Å². The van der Waals surface area contributed by atoms with Crippen LogP contribution >= 0.6 is 0 Å². The summed E-state index contributed by atoms with van der Waals surface area (Å²) in [4.78, 5) is 12.8. The fraction of sp³-hybridized carbons (Fsp3) is 0.900. The molecule has 0 saturated carbocycles. The molecule has 5 heteroatoms. The number of rotatable bonds is 3. The summed E-state index contributed by atoms with van der Waals surface area (Å²) in [6.45, 7) is 4.87. The molecule has 1 atom stereocenters. The van der Waals surface area contributed by atoms with E-state index < -0.39 is 5.60 Å². The lowest BCUT2D eigenvalue weighted by molar-refractivity contribution is -0.0489. The Morgan fingerprint density at radius 1 is 1.60 bits per heavy atom. The highest BCUT2D eigenvalue weighted by Gasteiger charge is 2.28. The Morgan fingerprint density at radius 2 is 2.27 bits per heavy atom. The number of nitrogens with zero attached hydrogens (tertiary/aromatic N) is 1. The van der Waals surface area contributed by atoms with Gasteiger partial charge in [-0.15, -0.1) is 0 Å². The summed E-state index contributed by atoms with van der Waals surface area (Å²) < 4.78 is 10.1. The van der Waals surface area contributed by atoms with E-state index in [0.29, 0.717) is 13.1 Å². The van der Waals surface area contributed by atoms with E-state index in [9.17, 15) is 9.90 Å². The Labute approximate surface area is 90.0 Å². The number of hydrogen-bond acceptors (Lipinski definition) is 4. The second-order valence-corrected chi connectivity index (χ2v) is 4.45. The Balaban J connectivity index is 2.28. The number of carbonyl (C=O) groups excluding carboxylic acids is 1. The maximum absolute atomic E-state index is 11.2. The van der Waals surface area contributed by atoms with Crippen molar-refractivity contribution in [2.45, 2.75) is 32.0 Å². The highest BCUT2D eigenvalue weighted by Crippen LogP contribution is 2.15. The van der Waals surface area contributed by atoms with Crippen LogP contribution in [0, 0.1) is 0 Å². The number of aliphatic hydroxyl groups is 1. The molecule has 1 N–H and O–H groups in total. The first-order valence-electron chi connectivity index (χ1n) is 5.09. The molecule has 0 aromatic heterocycles. The SMILES string of the molecule is COC(=O)N1CCC(OCC(C)(C)O)C1. The minimum Gasteiger partial charge on any atom is -0.453 e. The summed E-state index contributed by atoms with van der Waals surface area (Å²) in [7, 11) is 1.37. The van der Waals surface area contributed by atoms with Crippen LogP contribution in [0.2, 0.25) is 0 Å². The summed E-state index contributed by atoms with van der Waals surface area (Å²) in [5.74, 6) is 0. The van der Waals surface area contributed by atoms with Crippen LogP contribution < -0.4 is 0 Å². The first-order valence-corrected chi connectivity index (χ1v) is 5.09. The van der Waals surface area contributed by atoms with Gasteiger partial charge in [-0.1, -0.05) is 0 Å². The second-order valence-electron chi connectivity index (χ2n) is 4.45. The van der Waals surface area contributed by atoms with Gasteiger partial charge < -0.3 is 19.5 Å². The van der Waals surface area contributed by atoms with Gasteiger partial charge in [0.25, 0.3) is 0 Å². The molecule has 88 valence electrons.